The summed E-state index contributed by atoms with van der Waals surface area (Å²) in [6.07, 6.45) is 14.2. The zero-order valence-electron chi connectivity index (χ0n) is 21.9. The standard InChI is InChI=1S/C30H37N3O4S/c1-2-20(19-34)33-26-29(37)32(22-13-7-4-8-14-22)18-10-16-30(26)25(28(33)36)24-23(38-30)15-9-17-31(27(24)35)21-11-5-3-6-12-21/h3,5-6,9-12,15-16,20,22-26,34H,2,4,7-8,13-14,17-19H2,1H3/t20-,23+,24-,25-,26?,30-/m0/s1. The molecule has 3 fully saturated rings. The highest BCUT2D eigenvalue weighted by molar-refractivity contribution is 8.02. The van der Waals surface area contributed by atoms with Crippen LogP contribution in [0.25, 0.3) is 0 Å². The lowest BCUT2D eigenvalue weighted by Gasteiger charge is -2.41. The van der Waals surface area contributed by atoms with E-state index in [-0.39, 0.29) is 35.6 Å². The van der Waals surface area contributed by atoms with Gasteiger partial charge in [0.15, 0.2) is 0 Å². The lowest BCUT2D eigenvalue weighted by atomic mass is 9.78. The molecule has 1 N–H and O–H groups in total. The second kappa shape index (κ2) is 10.2. The predicted octanol–water partition coefficient (Wildman–Crippen LogP) is 3.39. The van der Waals surface area contributed by atoms with E-state index in [1.807, 2.05) is 48.2 Å². The maximum absolute atomic E-state index is 14.5. The van der Waals surface area contributed by atoms with Gasteiger partial charge in [0, 0.05) is 30.1 Å². The molecule has 4 aliphatic heterocycles. The van der Waals surface area contributed by atoms with Crippen LogP contribution < -0.4 is 4.90 Å². The molecule has 1 saturated carbocycles. The molecule has 4 heterocycles. The van der Waals surface area contributed by atoms with Crippen molar-refractivity contribution in [2.24, 2.45) is 11.8 Å². The molecule has 6 rings (SSSR count). The van der Waals surface area contributed by atoms with Crippen LogP contribution in [0.3, 0.4) is 0 Å². The van der Waals surface area contributed by atoms with Gasteiger partial charge < -0.3 is 19.8 Å². The quantitative estimate of drug-likeness (QED) is 0.585. The molecule has 5 aliphatic rings. The predicted molar refractivity (Wildman–Crippen MR) is 149 cm³/mol. The van der Waals surface area contributed by atoms with Crippen molar-refractivity contribution in [3.05, 3.63) is 54.6 Å². The van der Waals surface area contributed by atoms with Crippen molar-refractivity contribution in [2.45, 2.75) is 73.6 Å². The first-order valence-corrected chi connectivity index (χ1v) is 15.0. The van der Waals surface area contributed by atoms with Gasteiger partial charge in [-0.1, -0.05) is 68.7 Å². The highest BCUT2D eigenvalue weighted by atomic mass is 32.2. The first kappa shape index (κ1) is 25.7. The Balaban J connectivity index is 1.44. The number of para-hydroxylation sites is 1. The largest absolute Gasteiger partial charge is 0.394 e. The molecule has 6 atom stereocenters. The van der Waals surface area contributed by atoms with Gasteiger partial charge >= 0.3 is 0 Å². The van der Waals surface area contributed by atoms with Crippen molar-refractivity contribution in [1.29, 1.82) is 0 Å². The summed E-state index contributed by atoms with van der Waals surface area (Å²) in [7, 11) is 0. The lowest BCUT2D eigenvalue weighted by Crippen LogP contribution is -2.58. The topological polar surface area (TPSA) is 81.2 Å². The molecule has 1 aromatic rings. The van der Waals surface area contributed by atoms with Crippen LogP contribution in [-0.4, -0.2) is 80.4 Å². The van der Waals surface area contributed by atoms with Gasteiger partial charge in [-0.2, -0.15) is 0 Å². The second-order valence-corrected chi connectivity index (χ2v) is 12.7. The molecule has 1 aromatic carbocycles. The summed E-state index contributed by atoms with van der Waals surface area (Å²) in [6.45, 7) is 2.72. The number of hydrogen-bond donors (Lipinski definition) is 1. The van der Waals surface area contributed by atoms with Crippen molar-refractivity contribution in [2.75, 3.05) is 24.6 Å². The number of aliphatic hydroxyl groups is 1. The van der Waals surface area contributed by atoms with Crippen LogP contribution in [0.2, 0.25) is 0 Å². The van der Waals surface area contributed by atoms with Crippen molar-refractivity contribution in [1.82, 2.24) is 9.80 Å². The number of carbonyl (C=O) groups excluding carboxylic acids is 3. The van der Waals surface area contributed by atoms with E-state index in [4.69, 9.17) is 0 Å². The lowest BCUT2D eigenvalue weighted by molar-refractivity contribution is -0.147. The number of rotatable bonds is 5. The van der Waals surface area contributed by atoms with Crippen LogP contribution in [0.4, 0.5) is 5.69 Å². The molecule has 38 heavy (non-hydrogen) atoms. The molecule has 0 aromatic heterocycles. The average molecular weight is 536 g/mol. The molecule has 1 spiro atoms. The van der Waals surface area contributed by atoms with E-state index >= 15 is 0 Å². The molecule has 1 aliphatic carbocycles. The number of carbonyl (C=O) groups is 3. The Morgan fingerprint density at radius 1 is 1.00 bits per heavy atom. The Morgan fingerprint density at radius 3 is 2.47 bits per heavy atom. The van der Waals surface area contributed by atoms with Gasteiger partial charge in [-0.25, -0.2) is 0 Å². The van der Waals surface area contributed by atoms with Crippen LogP contribution in [0.15, 0.2) is 54.6 Å². The van der Waals surface area contributed by atoms with Crippen LogP contribution >= 0.6 is 11.8 Å². The number of likely N-dealkylation sites (tertiary alicyclic amines) is 1. The molecule has 202 valence electrons. The van der Waals surface area contributed by atoms with Gasteiger partial charge in [0.2, 0.25) is 17.7 Å². The summed E-state index contributed by atoms with van der Waals surface area (Å²) in [6, 6.07) is 8.59. The minimum Gasteiger partial charge on any atom is -0.394 e. The summed E-state index contributed by atoms with van der Waals surface area (Å²) in [4.78, 5) is 48.5. The number of aliphatic hydroxyl groups excluding tert-OH is 1. The van der Waals surface area contributed by atoms with Crippen molar-refractivity contribution < 1.29 is 19.5 Å². The zero-order valence-corrected chi connectivity index (χ0v) is 22.8. The molecule has 8 heteroatoms. The maximum atomic E-state index is 14.5. The van der Waals surface area contributed by atoms with Crippen molar-refractivity contribution in [3.63, 3.8) is 0 Å². The first-order chi connectivity index (χ1) is 18.5. The maximum Gasteiger partial charge on any atom is 0.247 e. The first-order valence-electron chi connectivity index (χ1n) is 14.1. The minimum absolute atomic E-state index is 0.0232. The van der Waals surface area contributed by atoms with Crippen LogP contribution in [0, 0.1) is 11.8 Å². The van der Waals surface area contributed by atoms with E-state index in [0.29, 0.717) is 19.5 Å². The fourth-order valence-corrected chi connectivity index (χ4v) is 9.46. The van der Waals surface area contributed by atoms with E-state index < -0.39 is 28.7 Å². The summed E-state index contributed by atoms with van der Waals surface area (Å²) in [5.41, 5.74) is 0.811. The fraction of sp³-hybridized carbons (Fsp3) is 0.567. The van der Waals surface area contributed by atoms with E-state index in [1.54, 1.807) is 21.6 Å². The van der Waals surface area contributed by atoms with E-state index in [2.05, 4.69) is 18.2 Å². The summed E-state index contributed by atoms with van der Waals surface area (Å²) >= 11 is 1.61. The average Bonchev–Trinajstić information content (AvgIpc) is 3.26. The van der Waals surface area contributed by atoms with Crippen LogP contribution in [0.1, 0.15) is 45.4 Å². The number of benzene rings is 1. The van der Waals surface area contributed by atoms with Gasteiger partial charge in [-0.15, -0.1) is 11.8 Å². The van der Waals surface area contributed by atoms with Gasteiger partial charge in [0.05, 0.1) is 29.2 Å². The number of nitrogens with zero attached hydrogens (tertiary/aromatic N) is 3. The van der Waals surface area contributed by atoms with Crippen molar-refractivity contribution in [3.8, 4) is 0 Å². The third-order valence-electron chi connectivity index (χ3n) is 9.29. The van der Waals surface area contributed by atoms with E-state index in [0.717, 1.165) is 31.4 Å². The molecule has 7 nitrogen and oxygen atoms in total. The normalized spacial score (nSPS) is 34.2. The van der Waals surface area contributed by atoms with Crippen LogP contribution in [-0.2, 0) is 14.4 Å². The molecule has 1 unspecified atom stereocenters. The summed E-state index contributed by atoms with van der Waals surface area (Å²) in [5, 5.41) is 10.1. The minimum atomic E-state index is -0.838. The molecule has 2 saturated heterocycles. The number of amides is 3. The fourth-order valence-electron chi connectivity index (χ4n) is 7.46. The van der Waals surface area contributed by atoms with Gasteiger partial charge in [-0.3, -0.25) is 14.4 Å². The Labute approximate surface area is 228 Å². The monoisotopic (exact) mass is 535 g/mol. The van der Waals surface area contributed by atoms with Gasteiger partial charge in [-0.05, 0) is 31.4 Å². The molecular formula is C30H37N3O4S. The number of fused-ring (bicyclic) bond motifs is 2. The highest BCUT2D eigenvalue weighted by Crippen LogP contribution is 2.61. The SMILES string of the molecule is CC[C@@H](CO)N1C(=O)[C@@H]2[C@H]3C(=O)N(c4ccccc4)CC=C[C@H]3S[C@@]23C=CCN(C2CCCCC2)C(=O)C13. The Hall–Kier alpha value is -2.58. The number of thioether (sulfide) groups is 1. The summed E-state index contributed by atoms with van der Waals surface area (Å²) in [5.74, 6) is -1.49. The van der Waals surface area contributed by atoms with Crippen LogP contribution in [0.5, 0.6) is 0 Å². The summed E-state index contributed by atoms with van der Waals surface area (Å²) < 4.78 is -0.838. The molecule has 0 radical (unpaired) electrons. The molecule has 3 amide bonds. The second-order valence-electron chi connectivity index (χ2n) is 11.2. The highest BCUT2D eigenvalue weighted by Gasteiger charge is 2.71. The van der Waals surface area contributed by atoms with E-state index in [9.17, 15) is 19.5 Å². The smallest absolute Gasteiger partial charge is 0.247 e. The molecule has 0 bridgehead atoms. The third kappa shape index (κ3) is 3.86. The Morgan fingerprint density at radius 2 is 1.76 bits per heavy atom. The Kier molecular flexibility index (Phi) is 6.89. The third-order valence-corrected chi connectivity index (χ3v) is 11.0. The number of anilines is 1. The van der Waals surface area contributed by atoms with Crippen molar-refractivity contribution >= 4 is 35.2 Å². The Bertz CT molecular complexity index is 1150. The van der Waals surface area contributed by atoms with E-state index in [1.165, 1.54) is 6.42 Å². The molecular weight excluding hydrogens is 498 g/mol. The zero-order chi connectivity index (χ0) is 26.4. The van der Waals surface area contributed by atoms with Gasteiger partial charge in [0.1, 0.15) is 6.04 Å². The number of hydrogen-bond acceptors (Lipinski definition) is 5. The van der Waals surface area contributed by atoms with Gasteiger partial charge in [0.25, 0.3) is 0 Å².